The Kier molecular flexibility index (Phi) is 5.45. The molecule has 118 valence electrons. The molecule has 0 saturated carbocycles. The Morgan fingerprint density at radius 3 is 2.43 bits per heavy atom. The molecule has 1 aromatic carbocycles. The van der Waals surface area contributed by atoms with Gasteiger partial charge in [0.25, 0.3) is 0 Å². The summed E-state index contributed by atoms with van der Waals surface area (Å²) in [5.41, 5.74) is 2.79. The zero-order valence-corrected chi connectivity index (χ0v) is 14.1. The number of benzene rings is 1. The Balaban J connectivity index is 1.88. The van der Waals surface area contributed by atoms with Gasteiger partial charge in [0, 0.05) is 13.1 Å². The first-order valence-electron chi connectivity index (χ1n) is 8.39. The van der Waals surface area contributed by atoms with Crippen LogP contribution >= 0.6 is 0 Å². The molecule has 0 aliphatic carbocycles. The number of hydrogen-bond donors (Lipinski definition) is 1. The molecule has 2 nitrogen and oxygen atoms in total. The molecule has 1 aliphatic rings. The van der Waals surface area contributed by atoms with E-state index in [0.717, 1.165) is 37.5 Å². The van der Waals surface area contributed by atoms with Gasteiger partial charge in [0.1, 0.15) is 0 Å². The molecule has 0 spiro atoms. The summed E-state index contributed by atoms with van der Waals surface area (Å²) in [6.45, 7) is 12.2. The van der Waals surface area contributed by atoms with E-state index in [9.17, 15) is 5.11 Å². The van der Waals surface area contributed by atoms with E-state index in [1.807, 2.05) is 0 Å². The normalized spacial score (nSPS) is 21.7. The summed E-state index contributed by atoms with van der Waals surface area (Å²) < 4.78 is 0. The molecule has 1 aliphatic heterocycles. The van der Waals surface area contributed by atoms with Crippen molar-refractivity contribution in [1.29, 1.82) is 0 Å². The lowest BCUT2D eigenvalue weighted by molar-refractivity contribution is 0.119. The van der Waals surface area contributed by atoms with Crippen LogP contribution in [0.3, 0.4) is 0 Å². The number of aliphatic hydroxyl groups excluding tert-OH is 1. The van der Waals surface area contributed by atoms with E-state index < -0.39 is 0 Å². The first-order chi connectivity index (χ1) is 9.90. The molecule has 1 heterocycles. The van der Waals surface area contributed by atoms with Gasteiger partial charge in [-0.15, -0.1) is 0 Å². The van der Waals surface area contributed by atoms with E-state index >= 15 is 0 Å². The number of aliphatic hydroxyl groups is 1. The van der Waals surface area contributed by atoms with Crippen molar-refractivity contribution >= 4 is 0 Å². The highest BCUT2D eigenvalue weighted by Crippen LogP contribution is 2.34. The third kappa shape index (κ3) is 4.55. The predicted octanol–water partition coefficient (Wildman–Crippen LogP) is 4.04. The van der Waals surface area contributed by atoms with Crippen molar-refractivity contribution in [3.05, 3.63) is 35.4 Å². The van der Waals surface area contributed by atoms with E-state index in [0.29, 0.717) is 5.41 Å². The van der Waals surface area contributed by atoms with Crippen LogP contribution in [0.15, 0.2) is 24.3 Å². The maximum Gasteiger partial charge on any atom is 0.0916 e. The highest BCUT2D eigenvalue weighted by Gasteiger charge is 2.32. The SMILES string of the molecule is CCCc1ccc(C(O)CN2CCC(C(C)(C)C)C2)cc1. The van der Waals surface area contributed by atoms with Gasteiger partial charge in [-0.2, -0.15) is 0 Å². The lowest BCUT2D eigenvalue weighted by Gasteiger charge is -2.27. The average Bonchev–Trinajstić information content (AvgIpc) is 2.88. The minimum atomic E-state index is -0.362. The molecular formula is C19H31NO. The molecule has 1 N–H and O–H groups in total. The Morgan fingerprint density at radius 2 is 1.90 bits per heavy atom. The summed E-state index contributed by atoms with van der Waals surface area (Å²) in [6, 6.07) is 8.49. The van der Waals surface area contributed by atoms with Gasteiger partial charge in [-0.05, 0) is 41.8 Å². The maximum absolute atomic E-state index is 10.4. The molecule has 0 aromatic heterocycles. The molecule has 1 saturated heterocycles. The van der Waals surface area contributed by atoms with E-state index in [4.69, 9.17) is 0 Å². The van der Waals surface area contributed by atoms with Gasteiger partial charge in [0.2, 0.25) is 0 Å². The summed E-state index contributed by atoms with van der Waals surface area (Å²) in [5.74, 6) is 0.747. The van der Waals surface area contributed by atoms with Crippen molar-refractivity contribution in [1.82, 2.24) is 4.90 Å². The largest absolute Gasteiger partial charge is 0.387 e. The topological polar surface area (TPSA) is 23.5 Å². The minimum absolute atomic E-state index is 0.362. The fourth-order valence-corrected chi connectivity index (χ4v) is 3.25. The summed E-state index contributed by atoms with van der Waals surface area (Å²) >= 11 is 0. The molecule has 2 unspecified atom stereocenters. The van der Waals surface area contributed by atoms with E-state index in [-0.39, 0.29) is 6.10 Å². The van der Waals surface area contributed by atoms with E-state index in [1.54, 1.807) is 0 Å². The minimum Gasteiger partial charge on any atom is -0.387 e. The van der Waals surface area contributed by atoms with Crippen LogP contribution in [0.25, 0.3) is 0 Å². The average molecular weight is 289 g/mol. The van der Waals surface area contributed by atoms with Crippen LogP contribution in [-0.2, 0) is 6.42 Å². The molecule has 1 fully saturated rings. The van der Waals surface area contributed by atoms with Crippen LogP contribution in [0.4, 0.5) is 0 Å². The van der Waals surface area contributed by atoms with Crippen LogP contribution in [0, 0.1) is 11.3 Å². The Labute approximate surface area is 130 Å². The first-order valence-corrected chi connectivity index (χ1v) is 8.39. The fraction of sp³-hybridized carbons (Fsp3) is 0.684. The van der Waals surface area contributed by atoms with Crippen molar-refractivity contribution in [2.45, 2.75) is 53.1 Å². The van der Waals surface area contributed by atoms with Gasteiger partial charge in [0.05, 0.1) is 6.10 Å². The molecule has 2 heteroatoms. The van der Waals surface area contributed by atoms with Gasteiger partial charge in [-0.25, -0.2) is 0 Å². The van der Waals surface area contributed by atoms with Crippen molar-refractivity contribution in [2.24, 2.45) is 11.3 Å². The van der Waals surface area contributed by atoms with Gasteiger partial charge in [-0.3, -0.25) is 0 Å². The molecule has 2 rings (SSSR count). The molecule has 1 aromatic rings. The Bertz CT molecular complexity index is 432. The first kappa shape index (κ1) is 16.5. The van der Waals surface area contributed by atoms with Gasteiger partial charge in [-0.1, -0.05) is 58.4 Å². The van der Waals surface area contributed by atoms with Crippen molar-refractivity contribution in [2.75, 3.05) is 19.6 Å². The highest BCUT2D eigenvalue weighted by molar-refractivity contribution is 5.24. The second-order valence-corrected chi connectivity index (χ2v) is 7.62. The van der Waals surface area contributed by atoms with Gasteiger partial charge >= 0.3 is 0 Å². The number of likely N-dealkylation sites (tertiary alicyclic amines) is 1. The molecule has 0 radical (unpaired) electrons. The lowest BCUT2D eigenvalue weighted by atomic mass is 9.80. The Morgan fingerprint density at radius 1 is 1.24 bits per heavy atom. The van der Waals surface area contributed by atoms with E-state index in [2.05, 4.69) is 56.9 Å². The summed E-state index contributed by atoms with van der Waals surface area (Å²) in [5, 5.41) is 10.4. The third-order valence-electron chi connectivity index (χ3n) is 4.83. The highest BCUT2D eigenvalue weighted by atomic mass is 16.3. The summed E-state index contributed by atoms with van der Waals surface area (Å²) in [7, 11) is 0. The van der Waals surface area contributed by atoms with Gasteiger partial charge < -0.3 is 10.0 Å². The summed E-state index contributed by atoms with van der Waals surface area (Å²) in [6.07, 6.45) is 3.19. The molecule has 2 atom stereocenters. The van der Waals surface area contributed by atoms with Gasteiger partial charge in [0.15, 0.2) is 0 Å². The fourth-order valence-electron chi connectivity index (χ4n) is 3.25. The second kappa shape index (κ2) is 6.93. The number of β-amino-alcohol motifs (C(OH)–C–C–N with tert-alkyl or cyclic N) is 1. The third-order valence-corrected chi connectivity index (χ3v) is 4.83. The number of rotatable bonds is 5. The van der Waals surface area contributed by atoms with Crippen LogP contribution < -0.4 is 0 Å². The van der Waals surface area contributed by atoms with Crippen LogP contribution in [0.1, 0.15) is 57.8 Å². The van der Waals surface area contributed by atoms with Crippen molar-refractivity contribution in [3.63, 3.8) is 0 Å². The maximum atomic E-state index is 10.4. The number of aryl methyl sites for hydroxylation is 1. The molecule has 0 bridgehead atoms. The lowest BCUT2D eigenvalue weighted by Crippen LogP contribution is -2.29. The standard InChI is InChI=1S/C19H31NO/c1-5-6-15-7-9-16(10-8-15)18(21)14-20-12-11-17(13-20)19(2,3)4/h7-10,17-18,21H,5-6,11-14H2,1-4H3. The second-order valence-electron chi connectivity index (χ2n) is 7.62. The monoisotopic (exact) mass is 289 g/mol. The zero-order valence-electron chi connectivity index (χ0n) is 14.1. The van der Waals surface area contributed by atoms with Crippen LogP contribution in [-0.4, -0.2) is 29.6 Å². The summed E-state index contributed by atoms with van der Waals surface area (Å²) in [4.78, 5) is 2.42. The zero-order chi connectivity index (χ0) is 15.5. The van der Waals surface area contributed by atoms with E-state index in [1.165, 1.54) is 18.4 Å². The molecular weight excluding hydrogens is 258 g/mol. The number of nitrogens with zero attached hydrogens (tertiary/aromatic N) is 1. The molecule has 21 heavy (non-hydrogen) atoms. The van der Waals surface area contributed by atoms with Crippen LogP contribution in [0.2, 0.25) is 0 Å². The number of hydrogen-bond acceptors (Lipinski definition) is 2. The molecule has 0 amide bonds. The quantitative estimate of drug-likeness (QED) is 0.884. The Hall–Kier alpha value is -0.860. The predicted molar refractivity (Wildman–Crippen MR) is 89.4 cm³/mol. The van der Waals surface area contributed by atoms with Crippen molar-refractivity contribution < 1.29 is 5.11 Å². The van der Waals surface area contributed by atoms with Crippen LogP contribution in [0.5, 0.6) is 0 Å². The van der Waals surface area contributed by atoms with Crippen molar-refractivity contribution in [3.8, 4) is 0 Å². The smallest absolute Gasteiger partial charge is 0.0916 e.